The van der Waals surface area contributed by atoms with Gasteiger partial charge >= 0.3 is 0 Å². The van der Waals surface area contributed by atoms with Crippen molar-refractivity contribution in [3.8, 4) is 0 Å². The summed E-state index contributed by atoms with van der Waals surface area (Å²) in [5, 5.41) is 14.4. The smallest absolute Gasteiger partial charge is 0.272 e. The highest BCUT2D eigenvalue weighted by molar-refractivity contribution is 5.44. The van der Waals surface area contributed by atoms with Gasteiger partial charge in [-0.05, 0) is 37.2 Å². The predicted octanol–water partition coefficient (Wildman–Crippen LogP) is 3.57. The molecule has 1 aromatic rings. The normalized spacial score (nSPS) is 16.9. The lowest BCUT2D eigenvalue weighted by Crippen LogP contribution is -2.39. The van der Waals surface area contributed by atoms with E-state index >= 15 is 0 Å². The zero-order valence-corrected chi connectivity index (χ0v) is 11.7. The molecule has 0 radical (unpaired) electrons. The second-order valence-electron chi connectivity index (χ2n) is 5.63. The zero-order valence-electron chi connectivity index (χ0n) is 11.7. The number of nitrogens with one attached hydrogen (secondary N) is 1. The first kappa shape index (κ1) is 14.0. The quantitative estimate of drug-likeness (QED) is 0.630. The fraction of sp³-hybridized carbons (Fsp3) is 0.600. The van der Waals surface area contributed by atoms with Gasteiger partial charge in [-0.15, -0.1) is 0 Å². The Kier molecular flexibility index (Phi) is 4.20. The van der Waals surface area contributed by atoms with E-state index in [9.17, 15) is 10.1 Å². The molecule has 1 fully saturated rings. The highest BCUT2D eigenvalue weighted by Crippen LogP contribution is 2.43. The van der Waals surface area contributed by atoms with Crippen molar-refractivity contribution in [2.45, 2.75) is 46.1 Å². The summed E-state index contributed by atoms with van der Waals surface area (Å²) < 4.78 is 0. The third kappa shape index (κ3) is 2.95. The first-order valence-electron chi connectivity index (χ1n) is 7.01. The molecule has 0 aromatic heterocycles. The van der Waals surface area contributed by atoms with Crippen LogP contribution < -0.4 is 5.32 Å². The molecule has 4 heteroatoms. The molecule has 0 atom stereocenters. The fourth-order valence-corrected chi connectivity index (χ4v) is 2.85. The monoisotopic (exact) mass is 262 g/mol. The van der Waals surface area contributed by atoms with Crippen LogP contribution in [0.4, 0.5) is 5.69 Å². The maximum absolute atomic E-state index is 10.9. The molecular formula is C15H22N2O2. The first-order valence-corrected chi connectivity index (χ1v) is 7.01. The lowest BCUT2D eigenvalue weighted by Gasteiger charge is -2.41. The Morgan fingerprint density at radius 1 is 1.42 bits per heavy atom. The number of nitrogens with zero attached hydrogens (tertiary/aromatic N) is 1. The maximum Gasteiger partial charge on any atom is 0.272 e. The van der Waals surface area contributed by atoms with E-state index in [0.717, 1.165) is 24.2 Å². The molecule has 1 aromatic carbocycles. The minimum atomic E-state index is -0.307. The summed E-state index contributed by atoms with van der Waals surface area (Å²) in [6.07, 6.45) is 5.17. The molecular weight excluding hydrogens is 240 g/mol. The molecule has 0 saturated heterocycles. The van der Waals surface area contributed by atoms with Crippen LogP contribution >= 0.6 is 0 Å². The summed E-state index contributed by atoms with van der Waals surface area (Å²) in [5.41, 5.74) is 2.50. The van der Waals surface area contributed by atoms with E-state index < -0.39 is 0 Å². The third-order valence-corrected chi connectivity index (χ3v) is 4.59. The molecule has 104 valence electrons. The van der Waals surface area contributed by atoms with Crippen LogP contribution in [-0.2, 0) is 6.54 Å². The van der Waals surface area contributed by atoms with Crippen LogP contribution in [-0.4, -0.2) is 11.5 Å². The van der Waals surface area contributed by atoms with Crippen molar-refractivity contribution < 1.29 is 4.92 Å². The second-order valence-corrected chi connectivity index (χ2v) is 5.63. The van der Waals surface area contributed by atoms with Crippen molar-refractivity contribution in [3.05, 3.63) is 39.4 Å². The summed E-state index contributed by atoms with van der Waals surface area (Å²) in [6, 6.07) is 5.30. The number of rotatable bonds is 6. The van der Waals surface area contributed by atoms with Gasteiger partial charge in [-0.3, -0.25) is 10.1 Å². The summed E-state index contributed by atoms with van der Waals surface area (Å²) in [6.45, 7) is 5.81. The van der Waals surface area contributed by atoms with Crippen molar-refractivity contribution in [2.75, 3.05) is 6.54 Å². The van der Waals surface area contributed by atoms with Gasteiger partial charge in [0.15, 0.2) is 0 Å². The van der Waals surface area contributed by atoms with Crippen molar-refractivity contribution in [2.24, 2.45) is 5.41 Å². The minimum Gasteiger partial charge on any atom is -0.312 e. The van der Waals surface area contributed by atoms with Crippen molar-refractivity contribution in [1.82, 2.24) is 5.32 Å². The van der Waals surface area contributed by atoms with Crippen LogP contribution in [0, 0.1) is 22.5 Å². The lowest BCUT2D eigenvalue weighted by atomic mass is 9.67. The van der Waals surface area contributed by atoms with Crippen LogP contribution in [0.2, 0.25) is 0 Å². The average molecular weight is 262 g/mol. The molecule has 1 aliphatic carbocycles. The van der Waals surface area contributed by atoms with Crippen LogP contribution in [0.5, 0.6) is 0 Å². The van der Waals surface area contributed by atoms with E-state index in [4.69, 9.17) is 0 Å². The SMILES string of the molecule is CCC1(CNCc2cccc([N+](=O)[O-])c2C)CCC1. The highest BCUT2D eigenvalue weighted by atomic mass is 16.6. The molecule has 1 saturated carbocycles. The Hall–Kier alpha value is -1.42. The Labute approximate surface area is 114 Å². The lowest BCUT2D eigenvalue weighted by molar-refractivity contribution is -0.385. The zero-order chi connectivity index (χ0) is 13.9. The fourth-order valence-electron chi connectivity index (χ4n) is 2.85. The van der Waals surface area contributed by atoms with Gasteiger partial charge < -0.3 is 5.32 Å². The molecule has 2 rings (SSSR count). The van der Waals surface area contributed by atoms with Gasteiger partial charge in [0, 0.05) is 24.7 Å². The van der Waals surface area contributed by atoms with Crippen molar-refractivity contribution in [3.63, 3.8) is 0 Å². The van der Waals surface area contributed by atoms with Gasteiger partial charge in [0.25, 0.3) is 5.69 Å². The molecule has 0 amide bonds. The average Bonchev–Trinajstić information content (AvgIpc) is 2.34. The van der Waals surface area contributed by atoms with Crippen molar-refractivity contribution in [1.29, 1.82) is 0 Å². The van der Waals surface area contributed by atoms with E-state index in [2.05, 4.69) is 12.2 Å². The molecule has 0 heterocycles. The molecule has 1 N–H and O–H groups in total. The molecule has 0 aliphatic heterocycles. The number of benzene rings is 1. The maximum atomic E-state index is 10.9. The van der Waals surface area contributed by atoms with Gasteiger partial charge in [-0.25, -0.2) is 0 Å². The largest absolute Gasteiger partial charge is 0.312 e. The topological polar surface area (TPSA) is 55.2 Å². The Bertz CT molecular complexity index is 462. The molecule has 4 nitrogen and oxygen atoms in total. The molecule has 1 aliphatic rings. The second kappa shape index (κ2) is 5.70. The minimum absolute atomic E-state index is 0.216. The van der Waals surface area contributed by atoms with Crippen LogP contribution in [0.15, 0.2) is 18.2 Å². The van der Waals surface area contributed by atoms with Crippen molar-refractivity contribution >= 4 is 5.69 Å². The van der Waals surface area contributed by atoms with E-state index in [-0.39, 0.29) is 10.6 Å². The van der Waals surface area contributed by atoms with Gasteiger partial charge in [0.05, 0.1) is 4.92 Å². The molecule has 19 heavy (non-hydrogen) atoms. The molecule has 0 bridgehead atoms. The van der Waals surface area contributed by atoms with Crippen LogP contribution in [0.1, 0.15) is 43.7 Å². The summed E-state index contributed by atoms with van der Waals surface area (Å²) >= 11 is 0. The third-order valence-electron chi connectivity index (χ3n) is 4.59. The van der Waals surface area contributed by atoms with E-state index in [0.29, 0.717) is 5.41 Å². The van der Waals surface area contributed by atoms with Crippen LogP contribution in [0.3, 0.4) is 0 Å². The van der Waals surface area contributed by atoms with E-state index in [1.54, 1.807) is 12.1 Å². The summed E-state index contributed by atoms with van der Waals surface area (Å²) in [4.78, 5) is 10.6. The molecule has 0 spiro atoms. The van der Waals surface area contributed by atoms with E-state index in [1.807, 2.05) is 13.0 Å². The van der Waals surface area contributed by atoms with Crippen LogP contribution in [0.25, 0.3) is 0 Å². The van der Waals surface area contributed by atoms with Gasteiger partial charge in [0.1, 0.15) is 0 Å². The number of nitro benzene ring substituents is 1. The summed E-state index contributed by atoms with van der Waals surface area (Å²) in [5.74, 6) is 0. The predicted molar refractivity (Wildman–Crippen MR) is 76.1 cm³/mol. The summed E-state index contributed by atoms with van der Waals surface area (Å²) in [7, 11) is 0. The van der Waals surface area contributed by atoms with Gasteiger partial charge in [-0.1, -0.05) is 25.5 Å². The Balaban J connectivity index is 1.96. The molecule has 0 unspecified atom stereocenters. The van der Waals surface area contributed by atoms with Gasteiger partial charge in [-0.2, -0.15) is 0 Å². The Morgan fingerprint density at radius 3 is 2.68 bits per heavy atom. The number of hydrogen-bond acceptors (Lipinski definition) is 3. The first-order chi connectivity index (χ1) is 9.08. The number of nitro groups is 1. The standard InChI is InChI=1S/C15H22N2O2/c1-3-15(8-5-9-15)11-16-10-13-6-4-7-14(12(13)2)17(18)19/h4,6-7,16H,3,5,8-11H2,1-2H3. The van der Waals surface area contributed by atoms with E-state index in [1.165, 1.54) is 25.7 Å². The highest BCUT2D eigenvalue weighted by Gasteiger charge is 2.34. The van der Waals surface area contributed by atoms with Gasteiger partial charge in [0.2, 0.25) is 0 Å². The number of hydrogen-bond donors (Lipinski definition) is 1. The Morgan fingerprint density at radius 2 is 2.16 bits per heavy atom.